The monoisotopic (exact) mass is 533 g/mol. The summed E-state index contributed by atoms with van der Waals surface area (Å²) in [5.74, 6) is -11.5. The molecule has 0 aliphatic rings. The van der Waals surface area contributed by atoms with Crippen LogP contribution in [0.3, 0.4) is 0 Å². The summed E-state index contributed by atoms with van der Waals surface area (Å²) >= 11 is 0.882. The smallest absolute Gasteiger partial charge is 0.491 e. The number of fused-ring (bicyclic) bond motifs is 1. The lowest BCUT2D eigenvalue weighted by atomic mass is 10.1. The van der Waals surface area contributed by atoms with Crippen LogP contribution in [-0.2, 0) is 30.3 Å². The molecule has 10 nitrogen and oxygen atoms in total. The standard InChI is InChI=1S/C18H17F6N3O7S/c1-16(33-13(30)17(19,20)21,34-14(31)18(22,23)24)12(29)26-7-6-25-5-4-8-2-3-9(28)10-11(8)35-15(32)27-10/h2-3,25,28H,4-7H2,1H3,(H,26,29)(H,27,32). The van der Waals surface area contributed by atoms with Gasteiger partial charge in [0.05, 0.1) is 4.70 Å². The van der Waals surface area contributed by atoms with Gasteiger partial charge in [0.15, 0.2) is 0 Å². The van der Waals surface area contributed by atoms with E-state index in [1.807, 2.05) is 5.32 Å². The number of carbonyl (C=O) groups is 3. The Labute approximate surface area is 195 Å². The summed E-state index contributed by atoms with van der Waals surface area (Å²) in [6.45, 7) is 0.0868. The quantitative estimate of drug-likeness (QED) is 0.164. The van der Waals surface area contributed by atoms with E-state index in [0.29, 0.717) is 16.7 Å². The van der Waals surface area contributed by atoms with Crippen LogP contribution >= 0.6 is 11.3 Å². The van der Waals surface area contributed by atoms with Crippen molar-refractivity contribution in [3.63, 3.8) is 0 Å². The number of nitrogens with one attached hydrogen (secondary N) is 3. The number of phenols is 1. The number of phenolic OH excluding ortho intramolecular Hbond substituents is 1. The fourth-order valence-electron chi connectivity index (χ4n) is 2.63. The Kier molecular flexibility index (Phi) is 8.38. The highest BCUT2D eigenvalue weighted by atomic mass is 32.1. The predicted molar refractivity (Wildman–Crippen MR) is 106 cm³/mol. The number of benzene rings is 1. The number of ether oxygens (including phenoxy) is 2. The molecule has 0 spiro atoms. The Bertz CT molecular complexity index is 1130. The third-order valence-corrected chi connectivity index (χ3v) is 5.21. The number of aromatic hydroxyl groups is 1. The number of H-pyrrole nitrogens is 1. The Morgan fingerprint density at radius 3 is 2.11 bits per heavy atom. The predicted octanol–water partition coefficient (Wildman–Crippen LogP) is 1.47. The number of hydrogen-bond acceptors (Lipinski definition) is 9. The van der Waals surface area contributed by atoms with Gasteiger partial charge >= 0.3 is 40.9 Å². The molecule has 1 amide bonds. The van der Waals surface area contributed by atoms with E-state index in [9.17, 15) is 50.6 Å². The van der Waals surface area contributed by atoms with Gasteiger partial charge in [0, 0.05) is 20.0 Å². The van der Waals surface area contributed by atoms with E-state index in [1.165, 1.54) is 6.07 Å². The van der Waals surface area contributed by atoms with E-state index in [2.05, 4.69) is 19.8 Å². The molecule has 0 unspecified atom stereocenters. The number of halogens is 6. The topological polar surface area (TPSA) is 147 Å². The minimum absolute atomic E-state index is 0.0488. The van der Waals surface area contributed by atoms with Crippen LogP contribution in [0.25, 0.3) is 10.2 Å². The number of aromatic nitrogens is 1. The Hall–Kier alpha value is -3.34. The van der Waals surface area contributed by atoms with E-state index in [1.54, 1.807) is 6.07 Å². The molecule has 1 heterocycles. The van der Waals surface area contributed by atoms with Crippen molar-refractivity contribution < 1.29 is 55.3 Å². The third kappa shape index (κ3) is 7.32. The SMILES string of the molecule is CC(OC(=O)C(F)(F)F)(OC(=O)C(F)(F)F)C(=O)NCCNCCc1ccc(O)c2[nH]c(=O)sc12. The lowest BCUT2D eigenvalue weighted by molar-refractivity contribution is -0.262. The van der Waals surface area contributed by atoms with E-state index in [0.717, 1.165) is 11.3 Å². The zero-order chi connectivity index (χ0) is 26.6. The molecule has 0 radical (unpaired) electrons. The molecule has 0 aliphatic carbocycles. The van der Waals surface area contributed by atoms with Crippen molar-refractivity contribution >= 4 is 39.4 Å². The largest absolute Gasteiger partial charge is 0.506 e. The van der Waals surface area contributed by atoms with Crippen molar-refractivity contribution in [2.75, 3.05) is 19.6 Å². The molecule has 0 aliphatic heterocycles. The van der Waals surface area contributed by atoms with Crippen molar-refractivity contribution in [2.45, 2.75) is 31.5 Å². The minimum Gasteiger partial charge on any atom is -0.506 e. The molecule has 2 rings (SSSR count). The van der Waals surface area contributed by atoms with Gasteiger partial charge in [-0.3, -0.25) is 9.59 Å². The average molecular weight is 533 g/mol. The van der Waals surface area contributed by atoms with Gasteiger partial charge in [-0.15, -0.1) is 0 Å². The number of amides is 1. The zero-order valence-electron chi connectivity index (χ0n) is 17.6. The van der Waals surface area contributed by atoms with Crippen LogP contribution in [0.15, 0.2) is 16.9 Å². The zero-order valence-corrected chi connectivity index (χ0v) is 18.4. The highest BCUT2D eigenvalue weighted by molar-refractivity contribution is 7.16. The van der Waals surface area contributed by atoms with Gasteiger partial charge in [0.1, 0.15) is 11.3 Å². The molecule has 1 aromatic carbocycles. The van der Waals surface area contributed by atoms with Crippen LogP contribution < -0.4 is 15.5 Å². The Morgan fingerprint density at radius 2 is 1.57 bits per heavy atom. The molecule has 0 bridgehead atoms. The maximum atomic E-state index is 12.5. The highest BCUT2D eigenvalue weighted by Crippen LogP contribution is 2.28. The summed E-state index contributed by atoms with van der Waals surface area (Å²) in [6.07, 6.45) is -11.0. The van der Waals surface area contributed by atoms with Crippen molar-refractivity contribution in [1.29, 1.82) is 0 Å². The van der Waals surface area contributed by atoms with E-state index < -0.39 is 36.0 Å². The van der Waals surface area contributed by atoms with E-state index in [-0.39, 0.29) is 42.7 Å². The number of esters is 2. The second-order valence-corrected chi connectivity index (χ2v) is 7.92. The highest BCUT2D eigenvalue weighted by Gasteiger charge is 2.53. The second-order valence-electron chi connectivity index (χ2n) is 6.94. The van der Waals surface area contributed by atoms with Gasteiger partial charge in [-0.2, -0.15) is 26.3 Å². The maximum absolute atomic E-state index is 12.5. The third-order valence-electron chi connectivity index (χ3n) is 4.25. The van der Waals surface area contributed by atoms with Crippen LogP contribution in [0.2, 0.25) is 0 Å². The first-order valence-electron chi connectivity index (χ1n) is 9.47. The fourth-order valence-corrected chi connectivity index (χ4v) is 3.52. The van der Waals surface area contributed by atoms with E-state index in [4.69, 9.17) is 0 Å². The molecular formula is C18H17F6N3O7S. The number of carbonyl (C=O) groups excluding carboxylic acids is 3. The van der Waals surface area contributed by atoms with Crippen molar-refractivity contribution in [1.82, 2.24) is 15.6 Å². The lowest BCUT2D eigenvalue weighted by Gasteiger charge is -2.28. The molecule has 1 aromatic heterocycles. The maximum Gasteiger partial charge on any atom is 0.491 e. The Balaban J connectivity index is 1.93. The summed E-state index contributed by atoms with van der Waals surface area (Å²) < 4.78 is 82.7. The average Bonchev–Trinajstić information content (AvgIpc) is 3.12. The van der Waals surface area contributed by atoms with Gasteiger partial charge in [0.25, 0.3) is 0 Å². The van der Waals surface area contributed by atoms with Crippen molar-refractivity contribution in [2.24, 2.45) is 0 Å². The van der Waals surface area contributed by atoms with Gasteiger partial charge in [-0.25, -0.2) is 9.59 Å². The van der Waals surface area contributed by atoms with Gasteiger partial charge in [-0.05, 0) is 24.6 Å². The minimum atomic E-state index is -5.68. The molecule has 4 N–H and O–H groups in total. The molecule has 17 heteroatoms. The number of hydrogen-bond donors (Lipinski definition) is 4. The summed E-state index contributed by atoms with van der Waals surface area (Å²) in [6, 6.07) is 2.96. The molecule has 0 fully saturated rings. The first kappa shape index (κ1) is 27.9. The van der Waals surface area contributed by atoms with Crippen LogP contribution in [0.5, 0.6) is 5.75 Å². The van der Waals surface area contributed by atoms with Crippen molar-refractivity contribution in [3.8, 4) is 5.75 Å². The van der Waals surface area contributed by atoms with Crippen LogP contribution in [-0.4, -0.2) is 65.7 Å². The van der Waals surface area contributed by atoms with Gasteiger partial charge < -0.3 is 30.2 Å². The van der Waals surface area contributed by atoms with Crippen LogP contribution in [0.1, 0.15) is 12.5 Å². The van der Waals surface area contributed by atoms with E-state index >= 15 is 0 Å². The summed E-state index contributed by atoms with van der Waals surface area (Å²) in [5.41, 5.74) is 0.967. The number of alkyl halides is 6. The van der Waals surface area contributed by atoms with Crippen LogP contribution in [0.4, 0.5) is 26.3 Å². The summed E-state index contributed by atoms with van der Waals surface area (Å²) in [5, 5.41) is 14.5. The van der Waals surface area contributed by atoms with Gasteiger partial charge in [-0.1, -0.05) is 17.4 Å². The normalized spacial score (nSPS) is 12.4. The summed E-state index contributed by atoms with van der Waals surface area (Å²) in [4.78, 5) is 47.8. The molecule has 0 saturated heterocycles. The van der Waals surface area contributed by atoms with Crippen LogP contribution in [0, 0.1) is 0 Å². The first-order valence-corrected chi connectivity index (χ1v) is 10.3. The molecule has 2 aromatic rings. The molecule has 0 saturated carbocycles. The van der Waals surface area contributed by atoms with Gasteiger partial charge in [0.2, 0.25) is 0 Å². The number of rotatable bonds is 9. The molecule has 35 heavy (non-hydrogen) atoms. The Morgan fingerprint density at radius 1 is 1.00 bits per heavy atom. The number of thiazole rings is 1. The van der Waals surface area contributed by atoms with Crippen molar-refractivity contribution in [3.05, 3.63) is 27.4 Å². The molecular weight excluding hydrogens is 516 g/mol. The summed E-state index contributed by atoms with van der Waals surface area (Å²) in [7, 11) is 0. The lowest BCUT2D eigenvalue weighted by Crippen LogP contribution is -2.54. The number of aromatic amines is 1. The first-order chi connectivity index (χ1) is 16.0. The molecule has 194 valence electrons. The second kappa shape index (κ2) is 10.5. The fraction of sp³-hybridized carbons (Fsp3) is 0.444. The molecule has 0 atom stereocenters.